The summed E-state index contributed by atoms with van der Waals surface area (Å²) in [7, 11) is 1.69. The minimum Gasteiger partial charge on any atom is -0.383 e. The number of carbonyl (C=O) groups is 1. The summed E-state index contributed by atoms with van der Waals surface area (Å²) in [6.45, 7) is 4.45. The number of anilines is 1. The molecule has 1 aromatic carbocycles. The number of fused-ring (bicyclic) bond motifs is 1. The Hall–Kier alpha value is -1.89. The number of rotatable bonds is 8. The molecule has 0 saturated carbocycles. The Labute approximate surface area is 148 Å². The van der Waals surface area contributed by atoms with E-state index in [1.54, 1.807) is 14.0 Å². The maximum Gasteiger partial charge on any atom is 0.253 e. The molecule has 0 aliphatic carbocycles. The van der Waals surface area contributed by atoms with Crippen molar-refractivity contribution in [3.05, 3.63) is 30.5 Å². The quantitative estimate of drug-likeness (QED) is 0.798. The molecule has 2 heterocycles. The first-order chi connectivity index (χ1) is 12.2. The third-order valence-corrected chi connectivity index (χ3v) is 4.50. The van der Waals surface area contributed by atoms with Crippen LogP contribution in [0.25, 0.3) is 10.9 Å². The van der Waals surface area contributed by atoms with Crippen LogP contribution >= 0.6 is 0 Å². The second kappa shape index (κ2) is 8.47. The van der Waals surface area contributed by atoms with Crippen LogP contribution < -0.4 is 5.32 Å². The van der Waals surface area contributed by atoms with E-state index in [1.165, 1.54) is 0 Å². The van der Waals surface area contributed by atoms with E-state index < -0.39 is 6.10 Å². The molecule has 0 spiro atoms. The van der Waals surface area contributed by atoms with Crippen molar-refractivity contribution in [3.63, 3.8) is 0 Å². The maximum atomic E-state index is 12.3. The van der Waals surface area contributed by atoms with Crippen LogP contribution in [0.15, 0.2) is 30.5 Å². The minimum atomic E-state index is -0.514. The molecule has 1 fully saturated rings. The van der Waals surface area contributed by atoms with Crippen molar-refractivity contribution in [1.82, 2.24) is 4.57 Å². The summed E-state index contributed by atoms with van der Waals surface area (Å²) in [5.74, 6) is -0.146. The fourth-order valence-corrected chi connectivity index (χ4v) is 2.99. The van der Waals surface area contributed by atoms with Crippen LogP contribution in [0.2, 0.25) is 0 Å². The van der Waals surface area contributed by atoms with Gasteiger partial charge in [0.1, 0.15) is 6.10 Å². The van der Waals surface area contributed by atoms with Crippen molar-refractivity contribution in [2.75, 3.05) is 32.2 Å². The van der Waals surface area contributed by atoms with Crippen molar-refractivity contribution in [2.45, 2.75) is 38.5 Å². The van der Waals surface area contributed by atoms with E-state index in [1.807, 2.05) is 24.4 Å². The Morgan fingerprint density at radius 2 is 2.32 bits per heavy atom. The summed E-state index contributed by atoms with van der Waals surface area (Å²) in [4.78, 5) is 12.3. The summed E-state index contributed by atoms with van der Waals surface area (Å²) in [5, 5.41) is 4.07. The first kappa shape index (κ1) is 17.9. The van der Waals surface area contributed by atoms with Crippen LogP contribution in [0, 0.1) is 0 Å². The van der Waals surface area contributed by atoms with Crippen LogP contribution in [0.4, 0.5) is 5.69 Å². The lowest BCUT2D eigenvalue weighted by Gasteiger charge is -2.16. The molecule has 0 bridgehead atoms. The smallest absolute Gasteiger partial charge is 0.253 e. The standard InChI is InChI=1S/C19H26N2O4/c1-14(25-13-17-4-3-10-24-17)19(22)20-16-6-5-15-7-8-21(9-11-23-2)18(15)12-16/h5-8,12,14,17H,3-4,9-11,13H2,1-2H3,(H,20,22). The molecule has 2 atom stereocenters. The van der Waals surface area contributed by atoms with Crippen molar-refractivity contribution in [3.8, 4) is 0 Å². The zero-order chi connectivity index (χ0) is 17.6. The van der Waals surface area contributed by atoms with Gasteiger partial charge in [0.15, 0.2) is 0 Å². The van der Waals surface area contributed by atoms with Crippen LogP contribution in [0.1, 0.15) is 19.8 Å². The van der Waals surface area contributed by atoms with Gasteiger partial charge in [0.05, 0.1) is 24.8 Å². The SMILES string of the molecule is COCCn1ccc2ccc(NC(=O)C(C)OCC3CCCO3)cc21. The van der Waals surface area contributed by atoms with E-state index in [-0.39, 0.29) is 12.0 Å². The van der Waals surface area contributed by atoms with Gasteiger partial charge in [0.25, 0.3) is 5.91 Å². The third-order valence-electron chi connectivity index (χ3n) is 4.50. The van der Waals surface area contributed by atoms with E-state index in [0.29, 0.717) is 13.2 Å². The Bertz CT molecular complexity index is 707. The van der Waals surface area contributed by atoms with E-state index in [0.717, 1.165) is 42.6 Å². The van der Waals surface area contributed by atoms with Gasteiger partial charge in [0, 0.05) is 32.1 Å². The van der Waals surface area contributed by atoms with Gasteiger partial charge in [-0.3, -0.25) is 4.79 Å². The monoisotopic (exact) mass is 346 g/mol. The predicted molar refractivity (Wildman–Crippen MR) is 96.8 cm³/mol. The van der Waals surface area contributed by atoms with Gasteiger partial charge in [0.2, 0.25) is 0 Å². The van der Waals surface area contributed by atoms with E-state index in [4.69, 9.17) is 14.2 Å². The molecule has 6 nitrogen and oxygen atoms in total. The van der Waals surface area contributed by atoms with Gasteiger partial charge in [-0.1, -0.05) is 6.07 Å². The van der Waals surface area contributed by atoms with Gasteiger partial charge in [-0.2, -0.15) is 0 Å². The molecule has 1 aliphatic heterocycles. The number of hydrogen-bond donors (Lipinski definition) is 1. The Balaban J connectivity index is 1.59. The molecule has 1 saturated heterocycles. The average molecular weight is 346 g/mol. The van der Waals surface area contributed by atoms with Crippen molar-refractivity contribution >= 4 is 22.5 Å². The Morgan fingerprint density at radius 1 is 1.44 bits per heavy atom. The molecular formula is C19H26N2O4. The summed E-state index contributed by atoms with van der Waals surface area (Å²) in [6, 6.07) is 7.96. The largest absolute Gasteiger partial charge is 0.383 e. The second-order valence-corrected chi connectivity index (χ2v) is 6.38. The first-order valence-corrected chi connectivity index (χ1v) is 8.79. The molecule has 1 aromatic heterocycles. The fourth-order valence-electron chi connectivity index (χ4n) is 2.99. The molecule has 25 heavy (non-hydrogen) atoms. The Kier molecular flexibility index (Phi) is 6.07. The number of nitrogens with one attached hydrogen (secondary N) is 1. The molecule has 3 rings (SSSR count). The highest BCUT2D eigenvalue weighted by atomic mass is 16.5. The van der Waals surface area contributed by atoms with Gasteiger partial charge in [-0.25, -0.2) is 0 Å². The number of amides is 1. The molecule has 136 valence electrons. The lowest BCUT2D eigenvalue weighted by atomic mass is 10.2. The van der Waals surface area contributed by atoms with Crippen LogP contribution in [0.5, 0.6) is 0 Å². The molecule has 1 amide bonds. The van der Waals surface area contributed by atoms with Crippen molar-refractivity contribution < 1.29 is 19.0 Å². The van der Waals surface area contributed by atoms with Crippen LogP contribution in [0.3, 0.4) is 0 Å². The number of carbonyl (C=O) groups excluding carboxylic acids is 1. The van der Waals surface area contributed by atoms with Gasteiger partial charge in [-0.05, 0) is 43.4 Å². The zero-order valence-electron chi connectivity index (χ0n) is 14.9. The zero-order valence-corrected chi connectivity index (χ0v) is 14.9. The predicted octanol–water partition coefficient (Wildman–Crippen LogP) is 2.81. The van der Waals surface area contributed by atoms with Gasteiger partial charge in [-0.15, -0.1) is 0 Å². The minimum absolute atomic E-state index is 0.121. The summed E-state index contributed by atoms with van der Waals surface area (Å²) in [5.41, 5.74) is 1.84. The topological polar surface area (TPSA) is 61.7 Å². The van der Waals surface area contributed by atoms with Crippen molar-refractivity contribution in [1.29, 1.82) is 0 Å². The van der Waals surface area contributed by atoms with Gasteiger partial charge < -0.3 is 24.1 Å². The second-order valence-electron chi connectivity index (χ2n) is 6.38. The summed E-state index contributed by atoms with van der Waals surface area (Å²) >= 11 is 0. The number of hydrogen-bond acceptors (Lipinski definition) is 4. The molecular weight excluding hydrogens is 320 g/mol. The molecule has 1 aliphatic rings. The average Bonchev–Trinajstić information content (AvgIpc) is 3.27. The number of ether oxygens (including phenoxy) is 3. The lowest BCUT2D eigenvalue weighted by Crippen LogP contribution is -2.30. The molecule has 1 N–H and O–H groups in total. The molecule has 2 unspecified atom stereocenters. The molecule has 0 radical (unpaired) electrons. The lowest BCUT2D eigenvalue weighted by molar-refractivity contribution is -0.128. The number of aromatic nitrogens is 1. The van der Waals surface area contributed by atoms with Gasteiger partial charge >= 0.3 is 0 Å². The number of benzene rings is 1. The third kappa shape index (κ3) is 4.60. The van der Waals surface area contributed by atoms with E-state index in [9.17, 15) is 4.79 Å². The normalized spacial score (nSPS) is 18.6. The first-order valence-electron chi connectivity index (χ1n) is 8.79. The van der Waals surface area contributed by atoms with Crippen LogP contribution in [-0.4, -0.2) is 49.6 Å². The summed E-state index contributed by atoms with van der Waals surface area (Å²) < 4.78 is 18.4. The highest BCUT2D eigenvalue weighted by Crippen LogP contribution is 2.21. The highest BCUT2D eigenvalue weighted by Gasteiger charge is 2.20. The number of methoxy groups -OCH3 is 1. The van der Waals surface area contributed by atoms with E-state index in [2.05, 4.69) is 16.0 Å². The molecule has 6 heteroatoms. The maximum absolute atomic E-state index is 12.3. The van der Waals surface area contributed by atoms with Crippen molar-refractivity contribution in [2.24, 2.45) is 0 Å². The van der Waals surface area contributed by atoms with Crippen LogP contribution in [-0.2, 0) is 25.5 Å². The fraction of sp³-hybridized carbons (Fsp3) is 0.526. The number of nitrogens with zero attached hydrogens (tertiary/aromatic N) is 1. The summed E-state index contributed by atoms with van der Waals surface area (Å²) in [6.07, 6.45) is 3.71. The molecule has 2 aromatic rings. The highest BCUT2D eigenvalue weighted by molar-refractivity contribution is 5.96. The van der Waals surface area contributed by atoms with E-state index >= 15 is 0 Å². The Morgan fingerprint density at radius 3 is 3.08 bits per heavy atom.